The highest BCUT2D eigenvalue weighted by Crippen LogP contribution is 1.99. The van der Waals surface area contributed by atoms with Gasteiger partial charge in [0.25, 0.3) is 0 Å². The average Bonchev–Trinajstić information content (AvgIpc) is 2.69. The van der Waals surface area contributed by atoms with Crippen LogP contribution in [0.25, 0.3) is 0 Å². The van der Waals surface area contributed by atoms with Gasteiger partial charge in [-0.25, -0.2) is 0 Å². The van der Waals surface area contributed by atoms with Crippen molar-refractivity contribution < 1.29 is 4.52 Å². The molecule has 80 valence electrons. The first-order chi connectivity index (χ1) is 6.93. The number of hydrogen-bond acceptors (Lipinski definition) is 5. The summed E-state index contributed by atoms with van der Waals surface area (Å²) < 4.78 is 4.87. The molecule has 0 amide bonds. The Bertz CT molecular complexity index is 216. The van der Waals surface area contributed by atoms with Crippen LogP contribution in [0.15, 0.2) is 10.9 Å². The Morgan fingerprint density at radius 2 is 2.43 bits per heavy atom. The second-order valence-corrected chi connectivity index (χ2v) is 4.28. The van der Waals surface area contributed by atoms with Gasteiger partial charge in [0, 0.05) is 13.0 Å². The molecule has 0 aliphatic carbocycles. The predicted molar refractivity (Wildman–Crippen MR) is 58.5 cm³/mol. The molecule has 0 spiro atoms. The quantitative estimate of drug-likeness (QED) is 0.663. The second-order valence-electron chi connectivity index (χ2n) is 2.89. The summed E-state index contributed by atoms with van der Waals surface area (Å²) in [7, 11) is 0. The third-order valence-corrected chi connectivity index (χ3v) is 2.75. The summed E-state index contributed by atoms with van der Waals surface area (Å²) >= 11 is 1.98. The number of rotatable bonds is 8. The minimum Gasteiger partial charge on any atom is -0.340 e. The van der Waals surface area contributed by atoms with E-state index in [2.05, 4.69) is 22.4 Å². The topological polar surface area (TPSA) is 51.0 Å². The maximum atomic E-state index is 4.87. The van der Waals surface area contributed by atoms with Crippen LogP contribution in [0.2, 0.25) is 0 Å². The molecule has 0 bridgehead atoms. The van der Waals surface area contributed by atoms with Gasteiger partial charge in [-0.15, -0.1) is 0 Å². The summed E-state index contributed by atoms with van der Waals surface area (Å²) in [5.41, 5.74) is 0. The van der Waals surface area contributed by atoms with Gasteiger partial charge in [0.2, 0.25) is 5.89 Å². The molecule has 4 nitrogen and oxygen atoms in total. The van der Waals surface area contributed by atoms with Crippen molar-refractivity contribution in [3.8, 4) is 0 Å². The smallest absolute Gasteiger partial charge is 0.227 e. The van der Waals surface area contributed by atoms with Crippen molar-refractivity contribution in [1.29, 1.82) is 0 Å². The summed E-state index contributed by atoms with van der Waals surface area (Å²) in [6.07, 6.45) is 3.48. The van der Waals surface area contributed by atoms with Gasteiger partial charge in [-0.2, -0.15) is 16.7 Å². The zero-order chi connectivity index (χ0) is 10.1. The van der Waals surface area contributed by atoms with Crippen LogP contribution in [0.1, 0.15) is 19.2 Å². The van der Waals surface area contributed by atoms with Gasteiger partial charge < -0.3 is 9.84 Å². The third-order valence-electron chi connectivity index (χ3n) is 1.77. The molecule has 14 heavy (non-hydrogen) atoms. The zero-order valence-electron chi connectivity index (χ0n) is 8.53. The third kappa shape index (κ3) is 5.24. The fraction of sp³-hybridized carbons (Fsp3) is 0.778. The molecule has 1 N–H and O–H groups in total. The van der Waals surface area contributed by atoms with Crippen molar-refractivity contribution in [2.75, 3.05) is 24.6 Å². The summed E-state index contributed by atoms with van der Waals surface area (Å²) in [5.74, 6) is 3.16. The molecule has 0 saturated heterocycles. The molecule has 0 aromatic carbocycles. The second kappa shape index (κ2) is 7.82. The van der Waals surface area contributed by atoms with Crippen LogP contribution >= 0.6 is 11.8 Å². The molecule has 1 aromatic heterocycles. The highest BCUT2D eigenvalue weighted by molar-refractivity contribution is 7.99. The lowest BCUT2D eigenvalue weighted by Crippen LogP contribution is -2.19. The van der Waals surface area contributed by atoms with Crippen molar-refractivity contribution in [2.24, 2.45) is 0 Å². The van der Waals surface area contributed by atoms with Crippen LogP contribution in [0, 0.1) is 0 Å². The molecule has 0 aliphatic rings. The Labute approximate surface area is 88.8 Å². The van der Waals surface area contributed by atoms with Crippen molar-refractivity contribution in [1.82, 2.24) is 15.5 Å². The van der Waals surface area contributed by atoms with Gasteiger partial charge in [-0.1, -0.05) is 12.1 Å². The monoisotopic (exact) mass is 215 g/mol. The summed E-state index contributed by atoms with van der Waals surface area (Å²) in [6.45, 7) is 4.17. The molecule has 0 aliphatic heterocycles. The molecule has 0 fully saturated rings. The van der Waals surface area contributed by atoms with E-state index >= 15 is 0 Å². The fourth-order valence-electron chi connectivity index (χ4n) is 1.07. The van der Waals surface area contributed by atoms with Crippen molar-refractivity contribution in [2.45, 2.75) is 19.8 Å². The van der Waals surface area contributed by atoms with Gasteiger partial charge in [0.05, 0.1) is 0 Å². The summed E-state index contributed by atoms with van der Waals surface area (Å²) in [6, 6.07) is 0. The first-order valence-electron chi connectivity index (χ1n) is 4.97. The molecule has 0 saturated carbocycles. The molecular weight excluding hydrogens is 198 g/mol. The molecule has 5 heteroatoms. The lowest BCUT2D eigenvalue weighted by Gasteiger charge is -2.01. The molecule has 0 radical (unpaired) electrons. The largest absolute Gasteiger partial charge is 0.340 e. The predicted octanol–water partition coefficient (Wildman–Crippen LogP) is 1.34. The fourth-order valence-corrected chi connectivity index (χ4v) is 1.71. The van der Waals surface area contributed by atoms with Gasteiger partial charge in [-0.05, 0) is 24.5 Å². The van der Waals surface area contributed by atoms with Crippen LogP contribution in [0.5, 0.6) is 0 Å². The Balaban J connectivity index is 1.85. The number of nitrogens with one attached hydrogen (secondary N) is 1. The van der Waals surface area contributed by atoms with Gasteiger partial charge in [-0.3, -0.25) is 0 Å². The van der Waals surface area contributed by atoms with Gasteiger partial charge in [0.15, 0.2) is 6.33 Å². The Morgan fingerprint density at radius 1 is 1.50 bits per heavy atom. The Morgan fingerprint density at radius 3 is 3.14 bits per heavy atom. The molecule has 0 atom stereocenters. The maximum absolute atomic E-state index is 4.87. The van der Waals surface area contributed by atoms with Crippen LogP contribution in [0.3, 0.4) is 0 Å². The SMILES string of the molecule is CCSCCCNCCc1ncno1. The standard InChI is InChI=1S/C9H17N3OS/c1-2-14-7-3-5-10-6-4-9-11-8-12-13-9/h8,10H,2-7H2,1H3. The van der Waals surface area contributed by atoms with Crippen molar-refractivity contribution in [3.63, 3.8) is 0 Å². The Hall–Kier alpha value is -0.550. The Kier molecular flexibility index (Phi) is 6.43. The first-order valence-corrected chi connectivity index (χ1v) is 6.13. The van der Waals surface area contributed by atoms with Crippen molar-refractivity contribution >= 4 is 11.8 Å². The van der Waals surface area contributed by atoms with E-state index in [-0.39, 0.29) is 0 Å². The highest BCUT2D eigenvalue weighted by Gasteiger charge is 1.97. The average molecular weight is 215 g/mol. The van der Waals surface area contributed by atoms with E-state index < -0.39 is 0 Å². The van der Waals surface area contributed by atoms with Gasteiger partial charge >= 0.3 is 0 Å². The normalized spacial score (nSPS) is 10.6. The molecule has 1 heterocycles. The number of thioether (sulfide) groups is 1. The molecule has 1 aromatic rings. The van der Waals surface area contributed by atoms with E-state index in [0.29, 0.717) is 5.89 Å². The van der Waals surface area contributed by atoms with E-state index in [0.717, 1.165) is 19.5 Å². The van der Waals surface area contributed by atoms with E-state index in [1.807, 2.05) is 11.8 Å². The zero-order valence-corrected chi connectivity index (χ0v) is 9.35. The number of aromatic nitrogens is 2. The maximum Gasteiger partial charge on any atom is 0.227 e. The molecular formula is C9H17N3OS. The number of nitrogens with zero attached hydrogens (tertiary/aromatic N) is 2. The lowest BCUT2D eigenvalue weighted by molar-refractivity contribution is 0.375. The first kappa shape index (κ1) is 11.5. The van der Waals surface area contributed by atoms with Crippen LogP contribution in [0.4, 0.5) is 0 Å². The van der Waals surface area contributed by atoms with E-state index in [1.165, 1.54) is 24.3 Å². The van der Waals surface area contributed by atoms with Gasteiger partial charge in [0.1, 0.15) is 0 Å². The van der Waals surface area contributed by atoms with E-state index in [1.54, 1.807) is 0 Å². The summed E-state index contributed by atoms with van der Waals surface area (Å²) in [4.78, 5) is 3.94. The van der Waals surface area contributed by atoms with Crippen LogP contribution in [-0.2, 0) is 6.42 Å². The van der Waals surface area contributed by atoms with Crippen molar-refractivity contribution in [3.05, 3.63) is 12.2 Å². The van der Waals surface area contributed by atoms with Crippen LogP contribution in [-0.4, -0.2) is 34.7 Å². The lowest BCUT2D eigenvalue weighted by atomic mass is 10.4. The van der Waals surface area contributed by atoms with Crippen LogP contribution < -0.4 is 5.32 Å². The van der Waals surface area contributed by atoms with E-state index in [4.69, 9.17) is 4.52 Å². The van der Waals surface area contributed by atoms with E-state index in [9.17, 15) is 0 Å². The number of hydrogen-bond donors (Lipinski definition) is 1. The summed E-state index contributed by atoms with van der Waals surface area (Å²) in [5, 5.41) is 6.89. The molecule has 0 unspecified atom stereocenters. The molecule has 1 rings (SSSR count). The minimum atomic E-state index is 0.709. The minimum absolute atomic E-state index is 0.709. The highest BCUT2D eigenvalue weighted by atomic mass is 32.2.